The van der Waals surface area contributed by atoms with Crippen molar-refractivity contribution in [2.24, 2.45) is 0 Å². The van der Waals surface area contributed by atoms with Crippen LogP contribution in [0.15, 0.2) is 78.2 Å². The summed E-state index contributed by atoms with van der Waals surface area (Å²) in [6.07, 6.45) is 0. The van der Waals surface area contributed by atoms with Gasteiger partial charge in [0.1, 0.15) is 0 Å². The molecule has 1 aliphatic rings. The molecule has 5 rings (SSSR count). The molecule has 2 heterocycles. The average Bonchev–Trinajstić information content (AvgIpc) is 3.43. The molecule has 3 aromatic carbocycles. The third-order valence-electron chi connectivity index (χ3n) is 4.65. The van der Waals surface area contributed by atoms with E-state index in [1.54, 1.807) is 18.2 Å². The number of fused-ring (bicyclic) bond motifs is 1. The summed E-state index contributed by atoms with van der Waals surface area (Å²) in [5.74, 6) is 0.997. The molecule has 0 radical (unpaired) electrons. The summed E-state index contributed by atoms with van der Waals surface area (Å²) in [5, 5.41) is 5.34. The van der Waals surface area contributed by atoms with E-state index in [1.807, 2.05) is 35.7 Å². The largest absolute Gasteiger partial charge is 0.454 e. The summed E-state index contributed by atoms with van der Waals surface area (Å²) in [6, 6.07) is 23.6. The van der Waals surface area contributed by atoms with Gasteiger partial charge in [-0.25, -0.2) is 4.98 Å². The zero-order valence-electron chi connectivity index (χ0n) is 15.3. The maximum atomic E-state index is 12.5. The molecule has 1 aliphatic heterocycles. The molecule has 6 heteroatoms. The highest BCUT2D eigenvalue weighted by atomic mass is 32.1. The van der Waals surface area contributed by atoms with Gasteiger partial charge in [-0.2, -0.15) is 0 Å². The lowest BCUT2D eigenvalue weighted by Gasteiger charge is -2.04. The molecule has 0 spiro atoms. The highest BCUT2D eigenvalue weighted by Crippen LogP contribution is 2.33. The van der Waals surface area contributed by atoms with Crippen LogP contribution in [-0.4, -0.2) is 17.7 Å². The van der Waals surface area contributed by atoms with E-state index in [4.69, 9.17) is 9.47 Å². The Morgan fingerprint density at radius 2 is 1.59 bits per heavy atom. The zero-order chi connectivity index (χ0) is 19.6. The van der Waals surface area contributed by atoms with Gasteiger partial charge in [0.25, 0.3) is 5.91 Å². The number of nitrogens with one attached hydrogen (secondary N) is 1. The van der Waals surface area contributed by atoms with Gasteiger partial charge in [-0.15, -0.1) is 11.3 Å². The Kier molecular flexibility index (Phi) is 4.46. The van der Waals surface area contributed by atoms with Crippen LogP contribution in [0.25, 0.3) is 22.4 Å². The average molecular weight is 400 g/mol. The van der Waals surface area contributed by atoms with Gasteiger partial charge in [-0.05, 0) is 29.3 Å². The van der Waals surface area contributed by atoms with Crippen molar-refractivity contribution in [1.29, 1.82) is 0 Å². The van der Waals surface area contributed by atoms with Gasteiger partial charge in [0.05, 0.1) is 5.69 Å². The molecule has 0 unspecified atom stereocenters. The minimum absolute atomic E-state index is 0.180. The van der Waals surface area contributed by atoms with Gasteiger partial charge in [-0.1, -0.05) is 54.6 Å². The normalized spacial score (nSPS) is 12.0. The second-order valence-corrected chi connectivity index (χ2v) is 7.36. The van der Waals surface area contributed by atoms with E-state index in [1.165, 1.54) is 16.9 Å². The van der Waals surface area contributed by atoms with Crippen LogP contribution in [-0.2, 0) is 0 Å². The minimum atomic E-state index is -0.233. The number of nitrogens with zero attached hydrogens (tertiary/aromatic N) is 1. The van der Waals surface area contributed by atoms with Crippen LogP contribution in [0.4, 0.5) is 5.13 Å². The first-order valence-electron chi connectivity index (χ1n) is 9.09. The van der Waals surface area contributed by atoms with E-state index >= 15 is 0 Å². The summed E-state index contributed by atoms with van der Waals surface area (Å²) in [4.78, 5) is 17.1. The van der Waals surface area contributed by atoms with Crippen molar-refractivity contribution >= 4 is 22.4 Å². The summed E-state index contributed by atoms with van der Waals surface area (Å²) in [6.45, 7) is 0.180. The topological polar surface area (TPSA) is 60.5 Å². The second-order valence-electron chi connectivity index (χ2n) is 6.50. The molecule has 0 saturated carbocycles. The van der Waals surface area contributed by atoms with Crippen LogP contribution in [0.1, 0.15) is 10.4 Å². The molecule has 0 aliphatic carbocycles. The maximum absolute atomic E-state index is 12.5. The van der Waals surface area contributed by atoms with Crippen LogP contribution in [0.5, 0.6) is 11.5 Å². The van der Waals surface area contributed by atoms with E-state index in [9.17, 15) is 4.79 Å². The quantitative estimate of drug-likeness (QED) is 0.494. The van der Waals surface area contributed by atoms with E-state index in [0.717, 1.165) is 16.8 Å². The molecule has 142 valence electrons. The Bertz CT molecular complexity index is 1170. The van der Waals surface area contributed by atoms with Gasteiger partial charge in [0.15, 0.2) is 16.6 Å². The lowest BCUT2D eigenvalue weighted by atomic mass is 10.0. The van der Waals surface area contributed by atoms with Crippen LogP contribution in [0, 0.1) is 0 Å². The number of thiazole rings is 1. The lowest BCUT2D eigenvalue weighted by Crippen LogP contribution is -2.11. The standard InChI is InChI=1S/C23H16N2O3S/c26-22(18-10-11-20-21(12-18)28-14-27-20)25-23-24-19(13-29-23)17-8-6-16(7-9-17)15-4-2-1-3-5-15/h1-13H,14H2,(H,24,25,26). The Labute approximate surface area is 171 Å². The molecule has 29 heavy (non-hydrogen) atoms. The highest BCUT2D eigenvalue weighted by Gasteiger charge is 2.17. The van der Waals surface area contributed by atoms with E-state index < -0.39 is 0 Å². The van der Waals surface area contributed by atoms with Crippen LogP contribution in [0.2, 0.25) is 0 Å². The minimum Gasteiger partial charge on any atom is -0.454 e. The number of carbonyl (C=O) groups is 1. The van der Waals surface area contributed by atoms with Crippen molar-refractivity contribution in [2.75, 3.05) is 12.1 Å². The predicted molar refractivity (Wildman–Crippen MR) is 114 cm³/mol. The molecular weight excluding hydrogens is 384 g/mol. The van der Waals surface area contributed by atoms with Gasteiger partial charge < -0.3 is 9.47 Å². The number of rotatable bonds is 4. The Morgan fingerprint density at radius 1 is 0.862 bits per heavy atom. The van der Waals surface area contributed by atoms with Crippen molar-refractivity contribution in [2.45, 2.75) is 0 Å². The fourth-order valence-electron chi connectivity index (χ4n) is 3.13. The molecule has 0 atom stereocenters. The number of amides is 1. The Balaban J connectivity index is 1.31. The van der Waals surface area contributed by atoms with Gasteiger partial charge >= 0.3 is 0 Å². The summed E-state index contributed by atoms with van der Waals surface area (Å²) >= 11 is 1.39. The third-order valence-corrected chi connectivity index (χ3v) is 5.40. The van der Waals surface area contributed by atoms with Crippen molar-refractivity contribution in [3.05, 3.63) is 83.7 Å². The zero-order valence-corrected chi connectivity index (χ0v) is 16.1. The summed E-state index contributed by atoms with van der Waals surface area (Å²) in [5.41, 5.74) is 4.66. The number of ether oxygens (including phenoxy) is 2. The van der Waals surface area contributed by atoms with Crippen molar-refractivity contribution in [1.82, 2.24) is 4.98 Å². The van der Waals surface area contributed by atoms with E-state index in [-0.39, 0.29) is 12.7 Å². The van der Waals surface area contributed by atoms with Gasteiger partial charge in [0, 0.05) is 16.5 Å². The molecular formula is C23H16N2O3S. The molecule has 0 fully saturated rings. The molecule has 1 amide bonds. The molecule has 1 N–H and O–H groups in total. The number of hydrogen-bond acceptors (Lipinski definition) is 5. The fraction of sp³-hybridized carbons (Fsp3) is 0.0435. The number of aromatic nitrogens is 1. The molecule has 4 aromatic rings. The first-order chi connectivity index (χ1) is 14.3. The predicted octanol–water partition coefficient (Wildman–Crippen LogP) is 5.46. The van der Waals surface area contributed by atoms with Crippen molar-refractivity contribution < 1.29 is 14.3 Å². The first-order valence-corrected chi connectivity index (χ1v) is 9.97. The number of carbonyl (C=O) groups excluding carboxylic acids is 1. The highest BCUT2D eigenvalue weighted by molar-refractivity contribution is 7.14. The van der Waals surface area contributed by atoms with Crippen molar-refractivity contribution in [3.8, 4) is 33.9 Å². The molecule has 0 saturated heterocycles. The van der Waals surface area contributed by atoms with Crippen LogP contribution in [0.3, 0.4) is 0 Å². The summed E-state index contributed by atoms with van der Waals surface area (Å²) < 4.78 is 10.6. The van der Waals surface area contributed by atoms with Crippen LogP contribution < -0.4 is 14.8 Å². The molecule has 1 aromatic heterocycles. The Morgan fingerprint density at radius 3 is 2.41 bits per heavy atom. The van der Waals surface area contributed by atoms with E-state index in [0.29, 0.717) is 22.2 Å². The smallest absolute Gasteiger partial charge is 0.257 e. The second kappa shape index (κ2) is 7.41. The Hall–Kier alpha value is -3.64. The van der Waals surface area contributed by atoms with E-state index in [2.05, 4.69) is 34.6 Å². The third kappa shape index (κ3) is 3.58. The summed E-state index contributed by atoms with van der Waals surface area (Å²) in [7, 11) is 0. The monoisotopic (exact) mass is 400 g/mol. The lowest BCUT2D eigenvalue weighted by molar-refractivity contribution is 0.102. The number of anilines is 1. The van der Waals surface area contributed by atoms with Gasteiger partial charge in [0.2, 0.25) is 6.79 Å². The van der Waals surface area contributed by atoms with Gasteiger partial charge in [-0.3, -0.25) is 10.1 Å². The SMILES string of the molecule is O=C(Nc1nc(-c2ccc(-c3ccccc3)cc2)cs1)c1ccc2c(c1)OCO2. The fourth-order valence-corrected chi connectivity index (χ4v) is 3.85. The van der Waals surface area contributed by atoms with Crippen LogP contribution >= 0.6 is 11.3 Å². The number of benzene rings is 3. The molecule has 0 bridgehead atoms. The maximum Gasteiger partial charge on any atom is 0.257 e. The molecule has 5 nitrogen and oxygen atoms in total. The first kappa shape index (κ1) is 17.5. The number of hydrogen-bond donors (Lipinski definition) is 1. The van der Waals surface area contributed by atoms with Crippen molar-refractivity contribution in [3.63, 3.8) is 0 Å².